The number of ether oxygens (including phenoxy) is 1. The summed E-state index contributed by atoms with van der Waals surface area (Å²) < 4.78 is 27.2. The first-order chi connectivity index (χ1) is 19.1. The Morgan fingerprint density at radius 2 is 1.62 bits per heavy atom. The summed E-state index contributed by atoms with van der Waals surface area (Å²) in [5.41, 5.74) is 1.00. The predicted molar refractivity (Wildman–Crippen MR) is 152 cm³/mol. The van der Waals surface area contributed by atoms with Gasteiger partial charge in [0.1, 0.15) is 5.75 Å². The van der Waals surface area contributed by atoms with Crippen LogP contribution in [-0.4, -0.2) is 60.2 Å². The standard InChI is InChI=1S/C28H47N2O9P/c1-3-4-5-6-7-8-9-10-11-19-37-25-15-12-14-24(21-25)16-17-27(32)29-18-13-20-38-40(35,36)39-22-26(28(33)34)30-23(2)31/h12,14-15,21,26H,3-11,13,16-20,22H2,1-2H3,(H,29,32)(H,30,31)(H,33,34)(H,35,36)/t26-/m0/s1. The fourth-order valence-corrected chi connectivity index (χ4v) is 4.62. The number of benzene rings is 1. The Hall–Kier alpha value is -2.46. The maximum absolute atomic E-state index is 12.2. The van der Waals surface area contributed by atoms with Crippen LogP contribution in [0.15, 0.2) is 24.3 Å². The van der Waals surface area contributed by atoms with E-state index in [0.717, 1.165) is 24.7 Å². The highest BCUT2D eigenvalue weighted by molar-refractivity contribution is 7.47. The zero-order valence-electron chi connectivity index (χ0n) is 23.9. The summed E-state index contributed by atoms with van der Waals surface area (Å²) in [5, 5.41) is 13.8. The summed E-state index contributed by atoms with van der Waals surface area (Å²) in [6.07, 6.45) is 12.4. The number of nitrogens with one attached hydrogen (secondary N) is 2. The molecular weight excluding hydrogens is 539 g/mol. The monoisotopic (exact) mass is 586 g/mol. The van der Waals surface area contributed by atoms with Crippen LogP contribution in [0.4, 0.5) is 0 Å². The molecule has 0 saturated carbocycles. The molecule has 0 fully saturated rings. The van der Waals surface area contributed by atoms with E-state index in [9.17, 15) is 23.8 Å². The molecule has 0 aliphatic rings. The van der Waals surface area contributed by atoms with E-state index in [4.69, 9.17) is 14.4 Å². The van der Waals surface area contributed by atoms with E-state index in [2.05, 4.69) is 22.1 Å². The Labute approximate surface area is 238 Å². The Kier molecular flexibility index (Phi) is 18.9. The first kappa shape index (κ1) is 35.6. The van der Waals surface area contributed by atoms with Crippen LogP contribution in [0.25, 0.3) is 0 Å². The number of carbonyl (C=O) groups excluding carboxylic acids is 2. The van der Waals surface area contributed by atoms with Gasteiger partial charge < -0.3 is 25.4 Å². The van der Waals surface area contributed by atoms with E-state index in [-0.39, 0.29) is 31.9 Å². The van der Waals surface area contributed by atoms with Crippen LogP contribution < -0.4 is 15.4 Å². The average Bonchev–Trinajstić information content (AvgIpc) is 2.90. The molecule has 1 aromatic rings. The number of aryl methyl sites for hydroxylation is 1. The van der Waals surface area contributed by atoms with E-state index in [1.54, 1.807) is 0 Å². The van der Waals surface area contributed by atoms with Gasteiger partial charge >= 0.3 is 13.8 Å². The summed E-state index contributed by atoms with van der Waals surface area (Å²) in [4.78, 5) is 43.9. The Morgan fingerprint density at radius 1 is 0.950 bits per heavy atom. The zero-order valence-corrected chi connectivity index (χ0v) is 24.8. The molecule has 40 heavy (non-hydrogen) atoms. The molecule has 0 bridgehead atoms. The van der Waals surface area contributed by atoms with Crippen molar-refractivity contribution in [2.75, 3.05) is 26.4 Å². The second kappa shape index (κ2) is 21.3. The van der Waals surface area contributed by atoms with Crippen LogP contribution in [0.3, 0.4) is 0 Å². The van der Waals surface area contributed by atoms with Gasteiger partial charge in [0.05, 0.1) is 19.8 Å². The Bertz CT molecular complexity index is 929. The molecule has 0 heterocycles. The van der Waals surface area contributed by atoms with Gasteiger partial charge in [-0.2, -0.15) is 0 Å². The second-order valence-corrected chi connectivity index (χ2v) is 11.2. The number of aliphatic carboxylic acids is 1. The van der Waals surface area contributed by atoms with Gasteiger partial charge in [0.15, 0.2) is 6.04 Å². The van der Waals surface area contributed by atoms with E-state index >= 15 is 0 Å². The maximum Gasteiger partial charge on any atom is 0.472 e. The lowest BCUT2D eigenvalue weighted by Crippen LogP contribution is -2.42. The molecule has 0 aromatic heterocycles. The van der Waals surface area contributed by atoms with Crippen molar-refractivity contribution in [3.63, 3.8) is 0 Å². The van der Waals surface area contributed by atoms with Gasteiger partial charge in [-0.25, -0.2) is 9.36 Å². The van der Waals surface area contributed by atoms with Crippen molar-refractivity contribution in [3.8, 4) is 5.75 Å². The topological polar surface area (TPSA) is 160 Å². The minimum atomic E-state index is -4.51. The number of phosphoric acid groups is 1. The fourth-order valence-electron chi connectivity index (χ4n) is 3.85. The van der Waals surface area contributed by atoms with Gasteiger partial charge in [0, 0.05) is 19.9 Å². The number of hydrogen-bond acceptors (Lipinski definition) is 7. The molecule has 1 unspecified atom stereocenters. The van der Waals surface area contributed by atoms with Gasteiger partial charge in [-0.05, 0) is 37.0 Å². The van der Waals surface area contributed by atoms with E-state index in [0.29, 0.717) is 13.0 Å². The van der Waals surface area contributed by atoms with Crippen LogP contribution in [0.5, 0.6) is 5.75 Å². The average molecular weight is 587 g/mol. The van der Waals surface area contributed by atoms with Gasteiger partial charge in [0.2, 0.25) is 11.8 Å². The van der Waals surface area contributed by atoms with Crippen LogP contribution in [0.2, 0.25) is 0 Å². The van der Waals surface area contributed by atoms with Crippen molar-refractivity contribution in [1.82, 2.24) is 10.6 Å². The van der Waals surface area contributed by atoms with Gasteiger partial charge in [-0.3, -0.25) is 18.6 Å². The first-order valence-corrected chi connectivity index (χ1v) is 15.7. The van der Waals surface area contributed by atoms with Crippen LogP contribution >= 0.6 is 7.82 Å². The minimum Gasteiger partial charge on any atom is -0.494 e. The van der Waals surface area contributed by atoms with E-state index < -0.39 is 32.3 Å². The molecule has 4 N–H and O–H groups in total. The molecule has 12 heteroatoms. The lowest BCUT2D eigenvalue weighted by atomic mass is 10.1. The number of amides is 2. The van der Waals surface area contributed by atoms with Crippen LogP contribution in [0, 0.1) is 0 Å². The zero-order chi connectivity index (χ0) is 29.6. The molecular formula is C28H47N2O9P. The highest BCUT2D eigenvalue weighted by Gasteiger charge is 2.26. The molecule has 0 saturated heterocycles. The molecule has 0 spiro atoms. The SMILES string of the molecule is CCCCCCCCCCCOc1cccc(CCC(=O)NCCCOP(=O)(O)OC[C@H](NC(C)=O)C(=O)O)c1. The van der Waals surface area contributed by atoms with Gasteiger partial charge in [-0.1, -0.05) is 70.4 Å². The first-order valence-electron chi connectivity index (χ1n) is 14.2. The summed E-state index contributed by atoms with van der Waals surface area (Å²) in [6, 6.07) is 6.26. The number of hydrogen-bond donors (Lipinski definition) is 4. The number of carboxylic acids is 1. The molecule has 0 aliphatic heterocycles. The number of carbonyl (C=O) groups is 3. The van der Waals surface area contributed by atoms with Crippen molar-refractivity contribution in [2.24, 2.45) is 0 Å². The largest absolute Gasteiger partial charge is 0.494 e. The maximum atomic E-state index is 12.2. The molecule has 0 radical (unpaired) electrons. The summed E-state index contributed by atoms with van der Waals surface area (Å²) >= 11 is 0. The van der Waals surface area contributed by atoms with E-state index in [1.807, 2.05) is 24.3 Å². The fraction of sp³-hybridized carbons (Fsp3) is 0.679. The molecule has 11 nitrogen and oxygen atoms in total. The Balaban J connectivity index is 2.17. The summed E-state index contributed by atoms with van der Waals surface area (Å²) in [7, 11) is -4.51. The molecule has 2 amide bonds. The molecule has 1 aromatic carbocycles. The minimum absolute atomic E-state index is 0.163. The van der Waals surface area contributed by atoms with Gasteiger partial charge in [0.25, 0.3) is 0 Å². The second-order valence-electron chi connectivity index (χ2n) is 9.72. The Morgan fingerprint density at radius 3 is 2.27 bits per heavy atom. The number of unbranched alkanes of at least 4 members (excludes halogenated alkanes) is 8. The summed E-state index contributed by atoms with van der Waals surface area (Å²) in [6.45, 7) is 3.34. The van der Waals surface area contributed by atoms with Crippen molar-refractivity contribution in [3.05, 3.63) is 29.8 Å². The molecule has 0 aliphatic carbocycles. The molecule has 228 valence electrons. The number of carboxylic acid groups (broad SMARTS) is 1. The summed E-state index contributed by atoms with van der Waals surface area (Å²) in [5.74, 6) is -1.39. The van der Waals surface area contributed by atoms with Crippen molar-refractivity contribution in [2.45, 2.75) is 96.9 Å². The third-order valence-electron chi connectivity index (χ3n) is 6.03. The van der Waals surface area contributed by atoms with Crippen LogP contribution in [0.1, 0.15) is 90.0 Å². The van der Waals surface area contributed by atoms with Crippen molar-refractivity contribution < 1.29 is 42.7 Å². The smallest absolute Gasteiger partial charge is 0.472 e. The molecule has 2 atom stereocenters. The van der Waals surface area contributed by atoms with Gasteiger partial charge in [-0.15, -0.1) is 0 Å². The lowest BCUT2D eigenvalue weighted by molar-refractivity contribution is -0.142. The number of phosphoric ester groups is 1. The lowest BCUT2D eigenvalue weighted by Gasteiger charge is -2.16. The predicted octanol–water partition coefficient (Wildman–Crippen LogP) is 4.76. The van der Waals surface area contributed by atoms with Crippen LogP contribution in [-0.2, 0) is 34.4 Å². The number of rotatable bonds is 24. The normalized spacial score (nSPS) is 13.3. The van der Waals surface area contributed by atoms with Crippen molar-refractivity contribution in [1.29, 1.82) is 0 Å². The third kappa shape index (κ3) is 18.8. The highest BCUT2D eigenvalue weighted by atomic mass is 31.2. The quantitative estimate of drug-likeness (QED) is 0.0989. The van der Waals surface area contributed by atoms with E-state index in [1.165, 1.54) is 51.4 Å². The highest BCUT2D eigenvalue weighted by Crippen LogP contribution is 2.43. The van der Waals surface area contributed by atoms with Crippen molar-refractivity contribution >= 4 is 25.6 Å². The third-order valence-corrected chi connectivity index (χ3v) is 7.02. The molecule has 1 rings (SSSR count).